The van der Waals surface area contributed by atoms with E-state index in [9.17, 15) is 9.59 Å². The SMILES string of the molecule is CCOc1cc(/C=C2/NC(=O)N(c3cccc(Cl)c3)C2=O)cc(I)c1OCc1ccccc1. The normalized spacial score (nSPS) is 14.5. The van der Waals surface area contributed by atoms with E-state index in [4.69, 9.17) is 21.1 Å². The van der Waals surface area contributed by atoms with Crippen LogP contribution < -0.4 is 19.7 Å². The van der Waals surface area contributed by atoms with Crippen molar-refractivity contribution in [1.82, 2.24) is 5.32 Å². The molecule has 1 heterocycles. The highest BCUT2D eigenvalue weighted by Crippen LogP contribution is 2.36. The molecule has 4 rings (SSSR count). The molecule has 3 aromatic carbocycles. The molecule has 0 aliphatic carbocycles. The molecule has 3 amide bonds. The maximum absolute atomic E-state index is 12.9. The molecule has 168 valence electrons. The van der Waals surface area contributed by atoms with Crippen molar-refractivity contribution in [3.8, 4) is 11.5 Å². The molecule has 1 saturated heterocycles. The van der Waals surface area contributed by atoms with E-state index < -0.39 is 11.9 Å². The van der Waals surface area contributed by atoms with Crippen LogP contribution in [-0.2, 0) is 11.4 Å². The highest BCUT2D eigenvalue weighted by atomic mass is 127. The van der Waals surface area contributed by atoms with Crippen LogP contribution in [0.5, 0.6) is 11.5 Å². The van der Waals surface area contributed by atoms with E-state index in [1.54, 1.807) is 36.4 Å². The fraction of sp³-hybridized carbons (Fsp3) is 0.120. The first-order chi connectivity index (χ1) is 16.0. The Balaban J connectivity index is 1.61. The van der Waals surface area contributed by atoms with Crippen molar-refractivity contribution < 1.29 is 19.1 Å². The lowest BCUT2D eigenvalue weighted by Gasteiger charge is -2.15. The lowest BCUT2D eigenvalue weighted by atomic mass is 10.1. The van der Waals surface area contributed by atoms with Crippen LogP contribution in [0.1, 0.15) is 18.1 Å². The number of anilines is 1. The van der Waals surface area contributed by atoms with Crippen LogP contribution in [0.25, 0.3) is 6.08 Å². The van der Waals surface area contributed by atoms with Crippen LogP contribution in [0, 0.1) is 3.57 Å². The van der Waals surface area contributed by atoms with Crippen LogP contribution in [-0.4, -0.2) is 18.5 Å². The number of imide groups is 1. The smallest absolute Gasteiger partial charge is 0.333 e. The maximum Gasteiger partial charge on any atom is 0.333 e. The van der Waals surface area contributed by atoms with Crippen LogP contribution in [0.3, 0.4) is 0 Å². The zero-order valence-corrected chi connectivity index (χ0v) is 20.6. The molecule has 8 heteroatoms. The third-order valence-corrected chi connectivity index (χ3v) is 5.85. The minimum atomic E-state index is -0.531. The molecule has 0 radical (unpaired) electrons. The van der Waals surface area contributed by atoms with Gasteiger partial charge in [0.05, 0.1) is 15.9 Å². The Kier molecular flexibility index (Phi) is 7.20. The van der Waals surface area contributed by atoms with Crippen LogP contribution >= 0.6 is 34.2 Å². The van der Waals surface area contributed by atoms with Gasteiger partial charge in [0, 0.05) is 5.02 Å². The van der Waals surface area contributed by atoms with Gasteiger partial charge in [-0.15, -0.1) is 0 Å². The van der Waals surface area contributed by atoms with Gasteiger partial charge in [0.1, 0.15) is 12.3 Å². The summed E-state index contributed by atoms with van der Waals surface area (Å²) < 4.78 is 12.7. The number of hydrogen-bond donors (Lipinski definition) is 1. The van der Waals surface area contributed by atoms with E-state index in [1.807, 2.05) is 43.3 Å². The van der Waals surface area contributed by atoms with Gasteiger partial charge in [-0.25, -0.2) is 9.69 Å². The topological polar surface area (TPSA) is 67.9 Å². The molecule has 6 nitrogen and oxygen atoms in total. The van der Waals surface area contributed by atoms with Crippen LogP contribution in [0.2, 0.25) is 5.02 Å². The van der Waals surface area contributed by atoms with Gasteiger partial charge in [-0.05, 0) is 77.0 Å². The number of urea groups is 1. The van der Waals surface area contributed by atoms with Crippen molar-refractivity contribution in [1.29, 1.82) is 0 Å². The number of nitrogens with one attached hydrogen (secondary N) is 1. The van der Waals surface area contributed by atoms with E-state index in [1.165, 1.54) is 0 Å². The Labute approximate surface area is 210 Å². The summed E-state index contributed by atoms with van der Waals surface area (Å²) in [6.45, 7) is 2.75. The first-order valence-electron chi connectivity index (χ1n) is 10.2. The standard InChI is InChI=1S/C25H20ClIN2O4/c1-2-32-22-13-17(11-20(27)23(22)33-15-16-7-4-3-5-8-16)12-21-24(30)29(25(31)28-21)19-10-6-9-18(26)14-19/h3-14H,2,15H2,1H3,(H,28,31)/b21-12+. The second-order valence-electron chi connectivity index (χ2n) is 7.15. The van der Waals surface area contributed by atoms with Gasteiger partial charge in [-0.2, -0.15) is 0 Å². The molecule has 0 atom stereocenters. The van der Waals surface area contributed by atoms with Crippen molar-refractivity contribution in [3.05, 3.63) is 92.1 Å². The second kappa shape index (κ2) is 10.3. The van der Waals surface area contributed by atoms with Gasteiger partial charge in [0.15, 0.2) is 11.5 Å². The molecule has 33 heavy (non-hydrogen) atoms. The minimum absolute atomic E-state index is 0.163. The van der Waals surface area contributed by atoms with Gasteiger partial charge < -0.3 is 14.8 Å². The average Bonchev–Trinajstić information content (AvgIpc) is 3.07. The maximum atomic E-state index is 12.9. The number of benzene rings is 3. The number of halogens is 2. The molecule has 3 aromatic rings. The van der Waals surface area contributed by atoms with Gasteiger partial charge >= 0.3 is 6.03 Å². The summed E-state index contributed by atoms with van der Waals surface area (Å²) in [6.07, 6.45) is 1.62. The monoisotopic (exact) mass is 574 g/mol. The molecule has 1 aliphatic heterocycles. The summed E-state index contributed by atoms with van der Waals surface area (Å²) in [6, 6.07) is 19.6. The van der Waals surface area contributed by atoms with E-state index in [-0.39, 0.29) is 5.70 Å². The fourth-order valence-corrected chi connectivity index (χ4v) is 4.32. The van der Waals surface area contributed by atoms with Gasteiger partial charge in [-0.1, -0.05) is 48.0 Å². The summed E-state index contributed by atoms with van der Waals surface area (Å²) in [4.78, 5) is 26.5. The van der Waals surface area contributed by atoms with E-state index in [2.05, 4.69) is 27.9 Å². The van der Waals surface area contributed by atoms with E-state index in [0.717, 1.165) is 14.0 Å². The van der Waals surface area contributed by atoms with Gasteiger partial charge in [-0.3, -0.25) is 4.79 Å². The minimum Gasteiger partial charge on any atom is -0.490 e. The quantitative estimate of drug-likeness (QED) is 0.213. The Bertz CT molecular complexity index is 1230. The lowest BCUT2D eigenvalue weighted by molar-refractivity contribution is -0.113. The van der Waals surface area contributed by atoms with Crippen molar-refractivity contribution >= 4 is 57.9 Å². The number of rotatable bonds is 7. The predicted molar refractivity (Wildman–Crippen MR) is 137 cm³/mol. The second-order valence-corrected chi connectivity index (χ2v) is 8.74. The number of amides is 3. The van der Waals surface area contributed by atoms with Crippen LogP contribution in [0.15, 0.2) is 72.4 Å². The summed E-state index contributed by atoms with van der Waals surface area (Å²) in [7, 11) is 0. The zero-order chi connectivity index (χ0) is 23.4. The molecule has 0 bridgehead atoms. The highest BCUT2D eigenvalue weighted by molar-refractivity contribution is 14.1. The largest absolute Gasteiger partial charge is 0.490 e. The first-order valence-corrected chi connectivity index (χ1v) is 11.7. The van der Waals surface area contributed by atoms with Gasteiger partial charge in [0.25, 0.3) is 5.91 Å². The summed E-state index contributed by atoms with van der Waals surface area (Å²) >= 11 is 8.19. The Morgan fingerprint density at radius 3 is 2.55 bits per heavy atom. The van der Waals surface area contributed by atoms with E-state index >= 15 is 0 Å². The molecule has 0 aromatic heterocycles. The number of carbonyl (C=O) groups is 2. The molecule has 0 spiro atoms. The van der Waals surface area contributed by atoms with Crippen molar-refractivity contribution in [3.63, 3.8) is 0 Å². The fourth-order valence-electron chi connectivity index (χ4n) is 3.36. The number of nitrogens with zero attached hydrogens (tertiary/aromatic N) is 1. The number of hydrogen-bond acceptors (Lipinski definition) is 4. The summed E-state index contributed by atoms with van der Waals surface area (Å²) in [5, 5.41) is 3.07. The average molecular weight is 575 g/mol. The predicted octanol–water partition coefficient (Wildman–Crippen LogP) is 6.02. The molecular weight excluding hydrogens is 555 g/mol. The Morgan fingerprint density at radius 2 is 1.82 bits per heavy atom. The van der Waals surface area contributed by atoms with Crippen LogP contribution in [0.4, 0.5) is 10.5 Å². The molecular formula is C25H20ClIN2O4. The molecule has 0 unspecified atom stereocenters. The van der Waals surface area contributed by atoms with Crippen molar-refractivity contribution in [2.45, 2.75) is 13.5 Å². The van der Waals surface area contributed by atoms with Crippen molar-refractivity contribution in [2.75, 3.05) is 11.5 Å². The van der Waals surface area contributed by atoms with Crippen molar-refractivity contribution in [2.24, 2.45) is 0 Å². The molecule has 0 saturated carbocycles. The Morgan fingerprint density at radius 1 is 1.03 bits per heavy atom. The summed E-state index contributed by atoms with van der Waals surface area (Å²) in [5.41, 5.74) is 2.31. The summed E-state index contributed by atoms with van der Waals surface area (Å²) in [5.74, 6) is 0.737. The van der Waals surface area contributed by atoms with Gasteiger partial charge in [0.2, 0.25) is 0 Å². The van der Waals surface area contributed by atoms with E-state index in [0.29, 0.717) is 41.0 Å². The molecule has 1 aliphatic rings. The Hall–Kier alpha value is -3.04. The third-order valence-electron chi connectivity index (χ3n) is 4.81. The first kappa shape index (κ1) is 23.1. The lowest BCUT2D eigenvalue weighted by Crippen LogP contribution is -2.30. The zero-order valence-electron chi connectivity index (χ0n) is 17.7. The molecule has 1 fully saturated rings. The third kappa shape index (κ3) is 5.31. The molecule has 1 N–H and O–H groups in total. The highest BCUT2D eigenvalue weighted by Gasteiger charge is 2.35. The number of carbonyl (C=O) groups excluding carboxylic acids is 2. The number of ether oxygens (including phenoxy) is 2.